The average Bonchev–Trinajstić information content (AvgIpc) is 2.59. The molecule has 0 aromatic heterocycles. The molecule has 0 aliphatic carbocycles. The molecule has 4 heteroatoms. The topological polar surface area (TPSA) is 27.7 Å². The van der Waals surface area contributed by atoms with E-state index >= 15 is 0 Å². The van der Waals surface area contributed by atoms with Crippen molar-refractivity contribution in [2.24, 2.45) is 0 Å². The fourth-order valence-electron chi connectivity index (χ4n) is 3.10. The summed E-state index contributed by atoms with van der Waals surface area (Å²) in [5.74, 6) is 0. The molecule has 0 radical (unpaired) electrons. The zero-order valence-corrected chi connectivity index (χ0v) is 12.0. The van der Waals surface area contributed by atoms with Crippen LogP contribution < -0.4 is 5.32 Å². The van der Waals surface area contributed by atoms with Crippen LogP contribution in [0.15, 0.2) is 0 Å². The maximum Gasteiger partial charge on any atom is 0.0620 e. The average molecular weight is 255 g/mol. The third kappa shape index (κ3) is 4.19. The van der Waals surface area contributed by atoms with Crippen molar-refractivity contribution in [3.8, 4) is 0 Å². The number of nitrogens with zero attached hydrogens (tertiary/aromatic N) is 2. The number of hydrogen-bond acceptors (Lipinski definition) is 4. The molecule has 2 heterocycles. The highest BCUT2D eigenvalue weighted by molar-refractivity contribution is 4.80. The Morgan fingerprint density at radius 1 is 1.33 bits per heavy atom. The SMILES string of the molecule is CCC1CN(C)CCCN1CCC1COCCN1. The summed E-state index contributed by atoms with van der Waals surface area (Å²) in [5, 5.41) is 3.55. The second kappa shape index (κ2) is 7.43. The van der Waals surface area contributed by atoms with Gasteiger partial charge < -0.3 is 15.0 Å². The first kappa shape index (κ1) is 14.3. The number of morpholine rings is 1. The molecule has 2 saturated heterocycles. The van der Waals surface area contributed by atoms with E-state index in [0.29, 0.717) is 6.04 Å². The molecule has 4 nitrogen and oxygen atoms in total. The summed E-state index contributed by atoms with van der Waals surface area (Å²) in [5.41, 5.74) is 0. The molecule has 2 fully saturated rings. The maximum atomic E-state index is 5.53. The second-order valence-electron chi connectivity index (χ2n) is 5.73. The summed E-state index contributed by atoms with van der Waals surface area (Å²) in [6.45, 7) is 10.1. The molecule has 2 unspecified atom stereocenters. The standard InChI is InChI=1S/C14H29N3O/c1-3-14-11-16(2)7-4-8-17(14)9-5-13-12-18-10-6-15-13/h13-15H,3-12H2,1-2H3. The first-order valence-electron chi connectivity index (χ1n) is 7.53. The van der Waals surface area contributed by atoms with Crippen molar-refractivity contribution >= 4 is 0 Å². The summed E-state index contributed by atoms with van der Waals surface area (Å²) >= 11 is 0. The number of rotatable bonds is 4. The van der Waals surface area contributed by atoms with Crippen LogP contribution in [-0.2, 0) is 4.74 Å². The van der Waals surface area contributed by atoms with Crippen LogP contribution in [-0.4, -0.2) is 74.9 Å². The molecule has 0 aromatic carbocycles. The fraction of sp³-hybridized carbons (Fsp3) is 1.00. The van der Waals surface area contributed by atoms with Crippen molar-refractivity contribution in [1.82, 2.24) is 15.1 Å². The first-order chi connectivity index (χ1) is 8.79. The van der Waals surface area contributed by atoms with E-state index < -0.39 is 0 Å². The van der Waals surface area contributed by atoms with Gasteiger partial charge >= 0.3 is 0 Å². The van der Waals surface area contributed by atoms with Gasteiger partial charge in [0, 0.05) is 31.7 Å². The molecule has 2 atom stereocenters. The van der Waals surface area contributed by atoms with Gasteiger partial charge in [-0.05, 0) is 39.4 Å². The van der Waals surface area contributed by atoms with Crippen LogP contribution >= 0.6 is 0 Å². The minimum atomic E-state index is 0.567. The summed E-state index contributed by atoms with van der Waals surface area (Å²) in [6, 6.07) is 1.30. The molecular weight excluding hydrogens is 226 g/mol. The maximum absolute atomic E-state index is 5.53. The molecule has 0 aromatic rings. The van der Waals surface area contributed by atoms with Crippen molar-refractivity contribution in [1.29, 1.82) is 0 Å². The van der Waals surface area contributed by atoms with Crippen LogP contribution in [0.3, 0.4) is 0 Å². The van der Waals surface area contributed by atoms with Gasteiger partial charge in [0.05, 0.1) is 13.2 Å². The monoisotopic (exact) mass is 255 g/mol. The Morgan fingerprint density at radius 3 is 2.94 bits per heavy atom. The zero-order valence-electron chi connectivity index (χ0n) is 12.0. The molecule has 1 N–H and O–H groups in total. The fourth-order valence-corrected chi connectivity index (χ4v) is 3.10. The van der Waals surface area contributed by atoms with Crippen molar-refractivity contribution in [2.75, 3.05) is 53.0 Å². The Bertz CT molecular complexity index is 231. The summed E-state index contributed by atoms with van der Waals surface area (Å²) < 4.78 is 5.53. The van der Waals surface area contributed by atoms with Gasteiger partial charge in [0.25, 0.3) is 0 Å². The molecule has 18 heavy (non-hydrogen) atoms. The highest BCUT2D eigenvalue weighted by Gasteiger charge is 2.23. The van der Waals surface area contributed by atoms with Crippen LogP contribution in [0, 0.1) is 0 Å². The largest absolute Gasteiger partial charge is 0.379 e. The van der Waals surface area contributed by atoms with Gasteiger partial charge in [-0.3, -0.25) is 4.90 Å². The number of hydrogen-bond donors (Lipinski definition) is 1. The Morgan fingerprint density at radius 2 is 2.22 bits per heavy atom. The molecule has 0 saturated carbocycles. The molecule has 2 aliphatic rings. The highest BCUT2D eigenvalue weighted by atomic mass is 16.5. The van der Waals surface area contributed by atoms with Crippen molar-refractivity contribution in [2.45, 2.75) is 38.3 Å². The Kier molecular flexibility index (Phi) is 5.89. The Hall–Kier alpha value is -0.160. The van der Waals surface area contributed by atoms with E-state index in [4.69, 9.17) is 4.74 Å². The summed E-state index contributed by atoms with van der Waals surface area (Å²) in [7, 11) is 2.25. The van der Waals surface area contributed by atoms with E-state index in [0.717, 1.165) is 25.8 Å². The summed E-state index contributed by atoms with van der Waals surface area (Å²) in [6.07, 6.45) is 3.79. The molecule has 106 valence electrons. The van der Waals surface area contributed by atoms with Gasteiger partial charge in [-0.1, -0.05) is 6.92 Å². The van der Waals surface area contributed by atoms with Gasteiger partial charge in [-0.25, -0.2) is 0 Å². The van der Waals surface area contributed by atoms with Crippen LogP contribution in [0.2, 0.25) is 0 Å². The lowest BCUT2D eigenvalue weighted by Gasteiger charge is -2.32. The van der Waals surface area contributed by atoms with E-state index in [2.05, 4.69) is 29.1 Å². The number of likely N-dealkylation sites (N-methyl/N-ethyl adjacent to an activating group) is 1. The third-order valence-electron chi connectivity index (χ3n) is 4.26. The molecule has 2 aliphatic heterocycles. The first-order valence-corrected chi connectivity index (χ1v) is 7.53. The smallest absolute Gasteiger partial charge is 0.0620 e. The van der Waals surface area contributed by atoms with E-state index in [1.807, 2.05) is 0 Å². The van der Waals surface area contributed by atoms with Crippen LogP contribution in [0.25, 0.3) is 0 Å². The van der Waals surface area contributed by atoms with Gasteiger partial charge in [0.1, 0.15) is 0 Å². The van der Waals surface area contributed by atoms with Crippen LogP contribution in [0.5, 0.6) is 0 Å². The predicted molar refractivity (Wildman–Crippen MR) is 75.0 cm³/mol. The molecule has 2 rings (SSSR count). The van der Waals surface area contributed by atoms with Gasteiger partial charge in [-0.15, -0.1) is 0 Å². The lowest BCUT2D eigenvalue weighted by molar-refractivity contribution is 0.0670. The number of nitrogens with one attached hydrogen (secondary N) is 1. The predicted octanol–water partition coefficient (Wildman–Crippen LogP) is 0.781. The normalized spacial score (nSPS) is 32.3. The molecular formula is C14H29N3O. The second-order valence-corrected chi connectivity index (χ2v) is 5.73. The summed E-state index contributed by atoms with van der Waals surface area (Å²) in [4.78, 5) is 5.18. The van der Waals surface area contributed by atoms with Crippen LogP contribution in [0.4, 0.5) is 0 Å². The van der Waals surface area contributed by atoms with E-state index in [1.165, 1.54) is 45.4 Å². The van der Waals surface area contributed by atoms with E-state index in [9.17, 15) is 0 Å². The zero-order chi connectivity index (χ0) is 12.8. The van der Waals surface area contributed by atoms with E-state index in [-0.39, 0.29) is 0 Å². The Labute approximate surface area is 112 Å². The number of ether oxygens (including phenoxy) is 1. The van der Waals surface area contributed by atoms with Crippen molar-refractivity contribution in [3.63, 3.8) is 0 Å². The quantitative estimate of drug-likeness (QED) is 0.803. The lowest BCUT2D eigenvalue weighted by Crippen LogP contribution is -2.45. The van der Waals surface area contributed by atoms with Gasteiger partial charge in [0.15, 0.2) is 0 Å². The molecule has 0 amide bonds. The lowest BCUT2D eigenvalue weighted by atomic mass is 10.1. The van der Waals surface area contributed by atoms with Gasteiger partial charge in [0.2, 0.25) is 0 Å². The minimum absolute atomic E-state index is 0.567. The van der Waals surface area contributed by atoms with E-state index in [1.54, 1.807) is 0 Å². The van der Waals surface area contributed by atoms with Crippen molar-refractivity contribution < 1.29 is 4.74 Å². The van der Waals surface area contributed by atoms with Crippen molar-refractivity contribution in [3.05, 3.63) is 0 Å². The minimum Gasteiger partial charge on any atom is -0.379 e. The molecule has 0 bridgehead atoms. The van der Waals surface area contributed by atoms with Gasteiger partial charge in [-0.2, -0.15) is 0 Å². The Balaban J connectivity index is 1.78. The highest BCUT2D eigenvalue weighted by Crippen LogP contribution is 2.13. The third-order valence-corrected chi connectivity index (χ3v) is 4.26. The van der Waals surface area contributed by atoms with Crippen LogP contribution in [0.1, 0.15) is 26.2 Å². The molecule has 0 spiro atoms.